The van der Waals surface area contributed by atoms with E-state index in [4.69, 9.17) is 0 Å². The van der Waals surface area contributed by atoms with Crippen LogP contribution in [0.25, 0.3) is 0 Å². The summed E-state index contributed by atoms with van der Waals surface area (Å²) in [4.78, 5) is 4.95. The summed E-state index contributed by atoms with van der Waals surface area (Å²) < 4.78 is 0. The van der Waals surface area contributed by atoms with Crippen LogP contribution in [0.15, 0.2) is 0 Å². The monoisotopic (exact) mass is 248 g/mol. The van der Waals surface area contributed by atoms with Crippen LogP contribution >= 0.6 is 15.9 Å². The van der Waals surface area contributed by atoms with E-state index in [1.54, 1.807) is 0 Å². The molecule has 3 heteroatoms. The quantitative estimate of drug-likeness (QED) is 0.701. The van der Waals surface area contributed by atoms with Crippen LogP contribution in [-0.4, -0.2) is 54.9 Å². The van der Waals surface area contributed by atoms with E-state index in [1.807, 2.05) is 0 Å². The van der Waals surface area contributed by atoms with Crippen molar-refractivity contribution in [2.24, 2.45) is 0 Å². The normalized spacial score (nSPS) is 21.2. The van der Waals surface area contributed by atoms with Crippen LogP contribution < -0.4 is 0 Å². The Morgan fingerprint density at radius 1 is 1.38 bits per heavy atom. The van der Waals surface area contributed by atoms with E-state index in [-0.39, 0.29) is 0 Å². The van der Waals surface area contributed by atoms with Crippen molar-refractivity contribution in [2.45, 2.75) is 25.3 Å². The fraction of sp³-hybridized carbons (Fsp3) is 1.00. The van der Waals surface area contributed by atoms with Gasteiger partial charge >= 0.3 is 0 Å². The summed E-state index contributed by atoms with van der Waals surface area (Å²) in [5, 5.41) is 1.13. The van der Waals surface area contributed by atoms with Crippen molar-refractivity contribution in [3.05, 3.63) is 0 Å². The second-order valence-electron chi connectivity index (χ2n) is 4.06. The zero-order valence-corrected chi connectivity index (χ0v) is 10.4. The van der Waals surface area contributed by atoms with E-state index in [9.17, 15) is 0 Å². The third-order valence-electron chi connectivity index (χ3n) is 2.96. The van der Waals surface area contributed by atoms with Crippen molar-refractivity contribution >= 4 is 15.9 Å². The molecule has 2 nitrogen and oxygen atoms in total. The number of alkyl halides is 1. The minimum atomic E-state index is 0.829. The van der Waals surface area contributed by atoms with E-state index in [0.717, 1.165) is 11.4 Å². The number of hydrogen-bond acceptors (Lipinski definition) is 2. The molecule has 78 valence electrons. The molecule has 1 rings (SSSR count). The molecule has 0 unspecified atom stereocenters. The molecule has 0 N–H and O–H groups in total. The van der Waals surface area contributed by atoms with Crippen molar-refractivity contribution in [3.63, 3.8) is 0 Å². The van der Waals surface area contributed by atoms with Crippen LogP contribution in [0.5, 0.6) is 0 Å². The van der Waals surface area contributed by atoms with Gasteiger partial charge in [0.1, 0.15) is 0 Å². The number of halogens is 1. The molecular weight excluding hydrogens is 228 g/mol. The largest absolute Gasteiger partial charge is 0.306 e. The Bertz CT molecular complexity index is 133. The highest BCUT2D eigenvalue weighted by molar-refractivity contribution is 9.09. The third kappa shape index (κ3) is 3.96. The fourth-order valence-corrected chi connectivity index (χ4v) is 2.18. The maximum Gasteiger partial charge on any atom is 0.0117 e. The second kappa shape index (κ2) is 5.99. The van der Waals surface area contributed by atoms with Crippen molar-refractivity contribution < 1.29 is 0 Å². The Kier molecular flexibility index (Phi) is 5.29. The first kappa shape index (κ1) is 11.5. The summed E-state index contributed by atoms with van der Waals surface area (Å²) in [7, 11) is 4.48. The molecule has 1 aliphatic heterocycles. The van der Waals surface area contributed by atoms with Gasteiger partial charge in [-0.2, -0.15) is 0 Å². The van der Waals surface area contributed by atoms with Gasteiger partial charge in [0.15, 0.2) is 0 Å². The molecule has 0 bridgehead atoms. The topological polar surface area (TPSA) is 6.48 Å². The first-order chi connectivity index (χ1) is 6.24. The maximum absolute atomic E-state index is 3.48. The average molecular weight is 249 g/mol. The van der Waals surface area contributed by atoms with Crippen LogP contribution in [0.3, 0.4) is 0 Å². The Balaban J connectivity index is 2.19. The molecule has 0 atom stereocenters. The molecule has 0 aliphatic carbocycles. The lowest BCUT2D eigenvalue weighted by molar-refractivity contribution is 0.145. The van der Waals surface area contributed by atoms with E-state index in [0.29, 0.717) is 0 Å². The van der Waals surface area contributed by atoms with Gasteiger partial charge in [-0.25, -0.2) is 0 Å². The van der Waals surface area contributed by atoms with E-state index >= 15 is 0 Å². The Hall–Kier alpha value is 0.400. The maximum atomic E-state index is 3.48. The predicted octanol–water partition coefficient (Wildman–Crippen LogP) is 1.80. The summed E-state index contributed by atoms with van der Waals surface area (Å²) in [5.74, 6) is 0. The number of rotatable bonds is 4. The molecule has 0 saturated carbocycles. The number of piperidine rings is 1. The minimum absolute atomic E-state index is 0.829. The molecule has 0 aromatic carbocycles. The molecule has 1 saturated heterocycles. The standard InChI is InChI=1S/C10H21BrN2/c1-12-8-4-10(5-9-12)13(2)7-3-6-11/h10H,3-9H2,1-2H3. The van der Waals surface area contributed by atoms with Crippen molar-refractivity contribution in [1.82, 2.24) is 9.80 Å². The number of nitrogens with zero attached hydrogens (tertiary/aromatic N) is 2. The lowest BCUT2D eigenvalue weighted by Gasteiger charge is -2.35. The molecule has 1 heterocycles. The summed E-state index contributed by atoms with van der Waals surface area (Å²) in [6.07, 6.45) is 3.95. The zero-order valence-electron chi connectivity index (χ0n) is 8.80. The van der Waals surface area contributed by atoms with Gasteiger partial charge in [-0.1, -0.05) is 15.9 Å². The van der Waals surface area contributed by atoms with Gasteiger partial charge in [0.05, 0.1) is 0 Å². The van der Waals surface area contributed by atoms with Crippen molar-refractivity contribution in [2.75, 3.05) is 39.1 Å². The van der Waals surface area contributed by atoms with Gasteiger partial charge in [-0.3, -0.25) is 0 Å². The van der Waals surface area contributed by atoms with Crippen LogP contribution in [0, 0.1) is 0 Å². The second-order valence-corrected chi connectivity index (χ2v) is 4.85. The summed E-state index contributed by atoms with van der Waals surface area (Å²) in [6.45, 7) is 3.77. The zero-order chi connectivity index (χ0) is 9.68. The van der Waals surface area contributed by atoms with Gasteiger partial charge in [0.25, 0.3) is 0 Å². The SMILES string of the molecule is CN1CCC(N(C)CCCBr)CC1. The smallest absolute Gasteiger partial charge is 0.0117 e. The minimum Gasteiger partial charge on any atom is -0.306 e. The molecular formula is C10H21BrN2. The highest BCUT2D eigenvalue weighted by Crippen LogP contribution is 2.14. The van der Waals surface area contributed by atoms with E-state index < -0.39 is 0 Å². The highest BCUT2D eigenvalue weighted by Gasteiger charge is 2.19. The van der Waals surface area contributed by atoms with E-state index in [1.165, 1.54) is 38.9 Å². The lowest BCUT2D eigenvalue weighted by atomic mass is 10.0. The summed E-state index contributed by atoms with van der Waals surface area (Å²) in [6, 6.07) is 0.829. The van der Waals surface area contributed by atoms with Crippen LogP contribution in [0.2, 0.25) is 0 Å². The number of likely N-dealkylation sites (tertiary alicyclic amines) is 1. The van der Waals surface area contributed by atoms with Gasteiger partial charge in [-0.05, 0) is 53.0 Å². The Labute approximate surface area is 90.4 Å². The van der Waals surface area contributed by atoms with Crippen LogP contribution in [-0.2, 0) is 0 Å². The van der Waals surface area contributed by atoms with Gasteiger partial charge < -0.3 is 9.80 Å². The van der Waals surface area contributed by atoms with E-state index in [2.05, 4.69) is 39.8 Å². The molecule has 13 heavy (non-hydrogen) atoms. The molecule has 0 radical (unpaired) electrons. The van der Waals surface area contributed by atoms with Crippen molar-refractivity contribution in [1.29, 1.82) is 0 Å². The van der Waals surface area contributed by atoms with Gasteiger partial charge in [0.2, 0.25) is 0 Å². The highest BCUT2D eigenvalue weighted by atomic mass is 79.9. The third-order valence-corrected chi connectivity index (χ3v) is 3.52. The number of hydrogen-bond donors (Lipinski definition) is 0. The fourth-order valence-electron chi connectivity index (χ4n) is 1.93. The summed E-state index contributed by atoms with van der Waals surface area (Å²) in [5.41, 5.74) is 0. The predicted molar refractivity (Wildman–Crippen MR) is 61.6 cm³/mol. The first-order valence-electron chi connectivity index (χ1n) is 5.19. The molecule has 0 amide bonds. The van der Waals surface area contributed by atoms with Gasteiger partial charge in [0, 0.05) is 11.4 Å². The molecule has 1 aliphatic rings. The molecule has 0 aromatic rings. The molecule has 1 fully saturated rings. The van der Waals surface area contributed by atoms with Crippen LogP contribution in [0.1, 0.15) is 19.3 Å². The van der Waals surface area contributed by atoms with Gasteiger partial charge in [-0.15, -0.1) is 0 Å². The molecule has 0 aromatic heterocycles. The Morgan fingerprint density at radius 2 is 2.00 bits per heavy atom. The van der Waals surface area contributed by atoms with Crippen LogP contribution in [0.4, 0.5) is 0 Å². The van der Waals surface area contributed by atoms with Crippen molar-refractivity contribution in [3.8, 4) is 0 Å². The lowest BCUT2D eigenvalue weighted by Crippen LogP contribution is -2.42. The average Bonchev–Trinajstić information content (AvgIpc) is 2.15. The Morgan fingerprint density at radius 3 is 2.54 bits per heavy atom. The first-order valence-corrected chi connectivity index (χ1v) is 6.31. The molecule has 0 spiro atoms. The summed E-state index contributed by atoms with van der Waals surface area (Å²) >= 11 is 3.48.